The number of hydrogen-bond acceptors (Lipinski definition) is 2. The molecule has 1 fully saturated rings. The molecule has 0 spiro atoms. The Balaban J connectivity index is 0.000000845. The lowest BCUT2D eigenvalue weighted by atomic mass is 10.2. The zero-order valence-corrected chi connectivity index (χ0v) is 8.39. The Hall–Kier alpha value is -0.890. The number of rotatable bonds is 1. The van der Waals surface area contributed by atoms with Gasteiger partial charge in [0.2, 0.25) is 0 Å². The van der Waals surface area contributed by atoms with Crippen LogP contribution in [0, 0.1) is 0 Å². The summed E-state index contributed by atoms with van der Waals surface area (Å²) >= 11 is 0. The highest BCUT2D eigenvalue weighted by molar-refractivity contribution is 5.85. The van der Waals surface area contributed by atoms with Gasteiger partial charge in [-0.25, -0.2) is 0 Å². The number of anilines is 2. The summed E-state index contributed by atoms with van der Waals surface area (Å²) in [5.41, 5.74) is 7.96. The second-order valence-corrected chi connectivity index (χ2v) is 3.25. The fourth-order valence-electron chi connectivity index (χ4n) is 1.73. The van der Waals surface area contributed by atoms with Gasteiger partial charge in [0.05, 0.1) is 11.4 Å². The zero-order valence-electron chi connectivity index (χ0n) is 7.57. The summed E-state index contributed by atoms with van der Waals surface area (Å²) in [5.74, 6) is 0. The van der Waals surface area contributed by atoms with E-state index in [4.69, 9.17) is 5.73 Å². The van der Waals surface area contributed by atoms with E-state index in [-0.39, 0.29) is 12.4 Å². The van der Waals surface area contributed by atoms with E-state index in [9.17, 15) is 0 Å². The number of nitrogens with two attached hydrogens (primary N) is 1. The Morgan fingerprint density at radius 3 is 2.31 bits per heavy atom. The van der Waals surface area contributed by atoms with Gasteiger partial charge < -0.3 is 10.6 Å². The molecule has 0 unspecified atom stereocenters. The average Bonchev–Trinajstić information content (AvgIpc) is 2.57. The van der Waals surface area contributed by atoms with E-state index in [0.717, 1.165) is 18.8 Å². The molecule has 1 aliphatic rings. The molecule has 0 aromatic heterocycles. The van der Waals surface area contributed by atoms with Crippen LogP contribution < -0.4 is 10.6 Å². The maximum atomic E-state index is 5.86. The standard InChI is InChI=1S/C10H14N2.ClH/c11-9-5-1-2-6-10(9)12-7-3-4-8-12;/h1-2,5-6H,3-4,7-8,11H2;1H. The van der Waals surface area contributed by atoms with E-state index in [1.54, 1.807) is 0 Å². The number of nitrogen functional groups attached to an aromatic ring is 1. The fraction of sp³-hybridized carbons (Fsp3) is 0.400. The van der Waals surface area contributed by atoms with Gasteiger partial charge in [-0.15, -0.1) is 12.4 Å². The van der Waals surface area contributed by atoms with E-state index in [0.29, 0.717) is 0 Å². The van der Waals surface area contributed by atoms with Crippen molar-refractivity contribution in [2.45, 2.75) is 12.8 Å². The highest BCUT2D eigenvalue weighted by Gasteiger charge is 2.13. The van der Waals surface area contributed by atoms with Crippen LogP contribution in [0.1, 0.15) is 12.8 Å². The molecule has 0 radical (unpaired) electrons. The number of benzene rings is 1. The molecule has 3 heteroatoms. The van der Waals surface area contributed by atoms with Gasteiger partial charge >= 0.3 is 0 Å². The maximum Gasteiger partial charge on any atom is 0.0599 e. The first-order valence-electron chi connectivity index (χ1n) is 4.47. The smallest absolute Gasteiger partial charge is 0.0599 e. The van der Waals surface area contributed by atoms with Crippen LogP contribution in [0.2, 0.25) is 0 Å². The molecule has 1 aromatic carbocycles. The van der Waals surface area contributed by atoms with Crippen molar-refractivity contribution in [2.75, 3.05) is 23.7 Å². The van der Waals surface area contributed by atoms with E-state index >= 15 is 0 Å². The van der Waals surface area contributed by atoms with Crippen molar-refractivity contribution in [3.05, 3.63) is 24.3 Å². The van der Waals surface area contributed by atoms with Crippen molar-refractivity contribution in [3.8, 4) is 0 Å². The van der Waals surface area contributed by atoms with Crippen LogP contribution in [-0.2, 0) is 0 Å². The van der Waals surface area contributed by atoms with Gasteiger partial charge in [0.25, 0.3) is 0 Å². The van der Waals surface area contributed by atoms with Gasteiger partial charge in [-0.05, 0) is 25.0 Å². The largest absolute Gasteiger partial charge is 0.397 e. The molecule has 2 rings (SSSR count). The average molecular weight is 199 g/mol. The van der Waals surface area contributed by atoms with Gasteiger partial charge in [0.1, 0.15) is 0 Å². The summed E-state index contributed by atoms with van der Waals surface area (Å²) in [6.07, 6.45) is 2.60. The molecule has 0 bridgehead atoms. The summed E-state index contributed by atoms with van der Waals surface area (Å²) in [7, 11) is 0. The number of hydrogen-bond donors (Lipinski definition) is 1. The highest BCUT2D eigenvalue weighted by atomic mass is 35.5. The molecule has 2 nitrogen and oxygen atoms in total. The van der Waals surface area contributed by atoms with Crippen molar-refractivity contribution >= 4 is 23.8 Å². The monoisotopic (exact) mass is 198 g/mol. The van der Waals surface area contributed by atoms with E-state index in [1.165, 1.54) is 18.5 Å². The molecule has 1 saturated heterocycles. The number of nitrogens with zero attached hydrogens (tertiary/aromatic N) is 1. The topological polar surface area (TPSA) is 29.3 Å². The van der Waals surface area contributed by atoms with Crippen LogP contribution in [-0.4, -0.2) is 13.1 Å². The van der Waals surface area contributed by atoms with E-state index in [2.05, 4.69) is 11.0 Å². The molecule has 0 aliphatic carbocycles. The quantitative estimate of drug-likeness (QED) is 0.702. The van der Waals surface area contributed by atoms with Crippen LogP contribution in [0.4, 0.5) is 11.4 Å². The third kappa shape index (κ3) is 2.07. The Morgan fingerprint density at radius 2 is 1.69 bits per heavy atom. The lowest BCUT2D eigenvalue weighted by Crippen LogP contribution is -2.18. The fourth-order valence-corrected chi connectivity index (χ4v) is 1.73. The Morgan fingerprint density at radius 1 is 1.08 bits per heavy atom. The van der Waals surface area contributed by atoms with Crippen molar-refractivity contribution in [2.24, 2.45) is 0 Å². The summed E-state index contributed by atoms with van der Waals surface area (Å²) in [5, 5.41) is 0. The van der Waals surface area contributed by atoms with Crippen molar-refractivity contribution in [1.82, 2.24) is 0 Å². The van der Waals surface area contributed by atoms with Crippen LogP contribution >= 0.6 is 12.4 Å². The second kappa shape index (κ2) is 4.38. The maximum absolute atomic E-state index is 5.86. The molecule has 2 N–H and O–H groups in total. The Labute approximate surface area is 85.1 Å². The highest BCUT2D eigenvalue weighted by Crippen LogP contribution is 2.25. The molecule has 13 heavy (non-hydrogen) atoms. The van der Waals surface area contributed by atoms with Gasteiger partial charge in [-0.1, -0.05) is 12.1 Å². The van der Waals surface area contributed by atoms with E-state index < -0.39 is 0 Å². The van der Waals surface area contributed by atoms with Crippen molar-refractivity contribution in [3.63, 3.8) is 0 Å². The van der Waals surface area contributed by atoms with Gasteiger partial charge in [0, 0.05) is 13.1 Å². The zero-order chi connectivity index (χ0) is 8.39. The van der Waals surface area contributed by atoms with Crippen LogP contribution in [0.5, 0.6) is 0 Å². The number of halogens is 1. The minimum atomic E-state index is 0. The van der Waals surface area contributed by atoms with Crippen LogP contribution in [0.15, 0.2) is 24.3 Å². The molecule has 1 aliphatic heterocycles. The summed E-state index contributed by atoms with van der Waals surface area (Å²) < 4.78 is 0. The van der Waals surface area contributed by atoms with Crippen LogP contribution in [0.3, 0.4) is 0 Å². The molecule has 1 heterocycles. The summed E-state index contributed by atoms with van der Waals surface area (Å²) in [6, 6.07) is 8.09. The lowest BCUT2D eigenvalue weighted by molar-refractivity contribution is 0.949. The third-order valence-electron chi connectivity index (χ3n) is 2.38. The van der Waals surface area contributed by atoms with Crippen molar-refractivity contribution in [1.29, 1.82) is 0 Å². The first-order chi connectivity index (χ1) is 5.88. The molecule has 1 aromatic rings. The minimum Gasteiger partial charge on any atom is -0.397 e. The number of para-hydroxylation sites is 2. The van der Waals surface area contributed by atoms with Gasteiger partial charge in [0.15, 0.2) is 0 Å². The SMILES string of the molecule is Cl.Nc1ccccc1N1CCCC1. The molecular weight excluding hydrogens is 184 g/mol. The molecule has 0 saturated carbocycles. The van der Waals surface area contributed by atoms with Gasteiger partial charge in [-0.2, -0.15) is 0 Å². The van der Waals surface area contributed by atoms with E-state index in [1.807, 2.05) is 18.2 Å². The lowest BCUT2D eigenvalue weighted by Gasteiger charge is -2.19. The molecular formula is C10H15ClN2. The Bertz CT molecular complexity index is 269. The predicted molar refractivity (Wildman–Crippen MR) is 59.5 cm³/mol. The van der Waals surface area contributed by atoms with Crippen molar-refractivity contribution < 1.29 is 0 Å². The minimum absolute atomic E-state index is 0. The van der Waals surface area contributed by atoms with Crippen LogP contribution in [0.25, 0.3) is 0 Å². The predicted octanol–water partition coefficient (Wildman–Crippen LogP) is 2.29. The Kier molecular flexibility index (Phi) is 3.43. The van der Waals surface area contributed by atoms with Gasteiger partial charge in [-0.3, -0.25) is 0 Å². The molecule has 72 valence electrons. The molecule has 0 atom stereocenters. The first-order valence-corrected chi connectivity index (χ1v) is 4.47. The first kappa shape index (κ1) is 10.2. The third-order valence-corrected chi connectivity index (χ3v) is 2.38. The molecule has 0 amide bonds. The second-order valence-electron chi connectivity index (χ2n) is 3.25. The summed E-state index contributed by atoms with van der Waals surface area (Å²) in [6.45, 7) is 2.32. The summed E-state index contributed by atoms with van der Waals surface area (Å²) in [4.78, 5) is 2.36. The normalized spacial score (nSPS) is 15.5.